The molecule has 0 bridgehead atoms. The van der Waals surface area contributed by atoms with E-state index in [0.29, 0.717) is 12.1 Å². The maximum absolute atomic E-state index is 4.28. The highest BCUT2D eigenvalue weighted by Crippen LogP contribution is 2.09. The lowest BCUT2D eigenvalue weighted by molar-refractivity contribution is 0.368. The summed E-state index contributed by atoms with van der Waals surface area (Å²) in [4.78, 5) is 0. The molecule has 1 N–H and O–H groups in total. The van der Waals surface area contributed by atoms with Gasteiger partial charge in [0.2, 0.25) is 0 Å². The van der Waals surface area contributed by atoms with Gasteiger partial charge >= 0.3 is 0 Å². The summed E-state index contributed by atoms with van der Waals surface area (Å²) in [5.74, 6) is 0. The van der Waals surface area contributed by atoms with Crippen molar-refractivity contribution in [3.63, 3.8) is 0 Å². The second kappa shape index (κ2) is 6.36. The maximum Gasteiger partial charge on any atom is 0.0641 e. The average molecular weight is 243 g/mol. The van der Waals surface area contributed by atoms with Gasteiger partial charge in [-0.3, -0.25) is 4.68 Å². The van der Waals surface area contributed by atoms with E-state index >= 15 is 0 Å². The zero-order chi connectivity index (χ0) is 12.8. The molecule has 0 aliphatic heterocycles. The minimum atomic E-state index is 0.371. The van der Waals surface area contributed by atoms with E-state index in [0.717, 1.165) is 13.0 Å². The van der Waals surface area contributed by atoms with Crippen LogP contribution in [0.4, 0.5) is 0 Å². The lowest BCUT2D eigenvalue weighted by Gasteiger charge is -2.21. The van der Waals surface area contributed by atoms with E-state index in [4.69, 9.17) is 0 Å². The van der Waals surface area contributed by atoms with Crippen LogP contribution >= 0.6 is 0 Å². The van der Waals surface area contributed by atoms with Crippen molar-refractivity contribution >= 4 is 0 Å². The molecule has 0 saturated heterocycles. The van der Waals surface area contributed by atoms with Crippen molar-refractivity contribution in [1.82, 2.24) is 15.1 Å². The van der Waals surface area contributed by atoms with Gasteiger partial charge in [-0.05, 0) is 38.4 Å². The first-order valence-corrected chi connectivity index (χ1v) is 6.54. The van der Waals surface area contributed by atoms with E-state index in [-0.39, 0.29) is 0 Å². The van der Waals surface area contributed by atoms with Gasteiger partial charge in [0.05, 0.1) is 6.04 Å². The van der Waals surface area contributed by atoms with E-state index < -0.39 is 0 Å². The number of nitrogens with one attached hydrogen (secondary N) is 1. The predicted molar refractivity (Wildman–Crippen MR) is 74.5 cm³/mol. The van der Waals surface area contributed by atoms with E-state index in [9.17, 15) is 0 Å². The van der Waals surface area contributed by atoms with Crippen LogP contribution in [0.1, 0.15) is 25.5 Å². The Bertz CT molecular complexity index is 436. The highest BCUT2D eigenvalue weighted by atomic mass is 15.3. The first-order chi connectivity index (χ1) is 8.77. The molecule has 2 atom stereocenters. The fourth-order valence-electron chi connectivity index (χ4n) is 2.01. The SMILES string of the molecule is C[C@H](NCCc1ccccc1)[C@H](C)n1cccn1. The average Bonchev–Trinajstić information content (AvgIpc) is 2.93. The highest BCUT2D eigenvalue weighted by Gasteiger charge is 2.12. The van der Waals surface area contributed by atoms with Crippen LogP contribution in [-0.4, -0.2) is 22.4 Å². The smallest absolute Gasteiger partial charge is 0.0641 e. The van der Waals surface area contributed by atoms with Crippen molar-refractivity contribution in [2.45, 2.75) is 32.4 Å². The first kappa shape index (κ1) is 12.8. The van der Waals surface area contributed by atoms with Crippen molar-refractivity contribution in [1.29, 1.82) is 0 Å². The Morgan fingerprint density at radius 1 is 1.17 bits per heavy atom. The number of hydrogen-bond donors (Lipinski definition) is 1. The molecule has 0 radical (unpaired) electrons. The maximum atomic E-state index is 4.28. The molecule has 1 heterocycles. The predicted octanol–water partition coefficient (Wildman–Crippen LogP) is 2.66. The van der Waals surface area contributed by atoms with Gasteiger partial charge in [0.1, 0.15) is 0 Å². The van der Waals surface area contributed by atoms with Crippen molar-refractivity contribution in [3.8, 4) is 0 Å². The van der Waals surface area contributed by atoms with Crippen LogP contribution < -0.4 is 5.32 Å². The number of rotatable bonds is 6. The lowest BCUT2D eigenvalue weighted by atomic mass is 10.1. The molecule has 0 saturated carbocycles. The molecule has 0 aliphatic rings. The Hall–Kier alpha value is -1.61. The molecule has 1 aromatic carbocycles. The normalized spacial score (nSPS) is 14.3. The van der Waals surface area contributed by atoms with Crippen LogP contribution in [0.2, 0.25) is 0 Å². The van der Waals surface area contributed by atoms with Crippen molar-refractivity contribution in [3.05, 3.63) is 54.4 Å². The topological polar surface area (TPSA) is 29.9 Å². The molecule has 18 heavy (non-hydrogen) atoms. The van der Waals surface area contributed by atoms with Crippen LogP contribution in [0, 0.1) is 0 Å². The van der Waals surface area contributed by atoms with Crippen LogP contribution in [-0.2, 0) is 6.42 Å². The largest absolute Gasteiger partial charge is 0.312 e. The van der Waals surface area contributed by atoms with E-state index in [1.54, 1.807) is 0 Å². The van der Waals surface area contributed by atoms with Crippen molar-refractivity contribution in [2.75, 3.05) is 6.54 Å². The van der Waals surface area contributed by atoms with Crippen LogP contribution in [0.15, 0.2) is 48.8 Å². The van der Waals surface area contributed by atoms with Crippen LogP contribution in [0.25, 0.3) is 0 Å². The van der Waals surface area contributed by atoms with Gasteiger partial charge in [0.25, 0.3) is 0 Å². The fraction of sp³-hybridized carbons (Fsp3) is 0.400. The van der Waals surface area contributed by atoms with Crippen molar-refractivity contribution < 1.29 is 0 Å². The summed E-state index contributed by atoms with van der Waals surface area (Å²) in [5, 5.41) is 7.84. The van der Waals surface area contributed by atoms with Crippen LogP contribution in [0.5, 0.6) is 0 Å². The third kappa shape index (κ3) is 3.44. The Morgan fingerprint density at radius 2 is 1.94 bits per heavy atom. The molecule has 3 heteroatoms. The number of nitrogens with zero attached hydrogens (tertiary/aromatic N) is 2. The Morgan fingerprint density at radius 3 is 2.61 bits per heavy atom. The molecule has 2 aromatic rings. The summed E-state index contributed by atoms with van der Waals surface area (Å²) in [7, 11) is 0. The first-order valence-electron chi connectivity index (χ1n) is 6.54. The van der Waals surface area contributed by atoms with Gasteiger partial charge in [-0.25, -0.2) is 0 Å². The molecule has 1 aromatic heterocycles. The second-order valence-corrected chi connectivity index (χ2v) is 4.71. The van der Waals surface area contributed by atoms with Gasteiger partial charge in [-0.2, -0.15) is 5.10 Å². The van der Waals surface area contributed by atoms with Crippen LogP contribution in [0.3, 0.4) is 0 Å². The molecule has 0 aliphatic carbocycles. The number of hydrogen-bond acceptors (Lipinski definition) is 2. The summed E-state index contributed by atoms with van der Waals surface area (Å²) in [5.41, 5.74) is 1.38. The Balaban J connectivity index is 1.77. The molecular formula is C15H21N3. The van der Waals surface area contributed by atoms with E-state index in [1.807, 2.05) is 23.1 Å². The monoisotopic (exact) mass is 243 g/mol. The summed E-state index contributed by atoms with van der Waals surface area (Å²) in [6, 6.07) is 13.3. The Labute approximate surface area is 109 Å². The molecule has 0 spiro atoms. The zero-order valence-corrected chi connectivity index (χ0v) is 11.1. The molecule has 96 valence electrons. The van der Waals surface area contributed by atoms with E-state index in [1.165, 1.54) is 5.56 Å². The Kier molecular flexibility index (Phi) is 4.53. The lowest BCUT2D eigenvalue weighted by Crippen LogP contribution is -2.35. The summed E-state index contributed by atoms with van der Waals surface area (Å²) >= 11 is 0. The molecule has 0 fully saturated rings. The number of benzene rings is 1. The summed E-state index contributed by atoms with van der Waals surface area (Å²) in [6.45, 7) is 5.39. The highest BCUT2D eigenvalue weighted by molar-refractivity contribution is 5.14. The summed E-state index contributed by atoms with van der Waals surface area (Å²) in [6.07, 6.45) is 4.91. The molecule has 3 nitrogen and oxygen atoms in total. The molecule has 0 amide bonds. The standard InChI is InChI=1S/C15H21N3/c1-13(14(2)18-12-6-10-17-18)16-11-9-15-7-4-3-5-8-15/h3-8,10,12-14,16H,9,11H2,1-2H3/t13-,14-/m0/s1. The van der Waals surface area contributed by atoms with Crippen molar-refractivity contribution in [2.24, 2.45) is 0 Å². The van der Waals surface area contributed by atoms with Gasteiger partial charge < -0.3 is 5.32 Å². The molecule has 0 unspecified atom stereocenters. The third-order valence-corrected chi connectivity index (χ3v) is 3.39. The van der Waals surface area contributed by atoms with Gasteiger partial charge in [-0.1, -0.05) is 30.3 Å². The molecular weight excluding hydrogens is 222 g/mol. The minimum absolute atomic E-state index is 0.371. The molecule has 2 rings (SSSR count). The third-order valence-electron chi connectivity index (χ3n) is 3.39. The van der Waals surface area contributed by atoms with E-state index in [2.05, 4.69) is 54.6 Å². The van der Waals surface area contributed by atoms with Gasteiger partial charge in [-0.15, -0.1) is 0 Å². The quantitative estimate of drug-likeness (QED) is 0.845. The minimum Gasteiger partial charge on any atom is -0.312 e. The van der Waals surface area contributed by atoms with Gasteiger partial charge in [0, 0.05) is 18.4 Å². The second-order valence-electron chi connectivity index (χ2n) is 4.71. The van der Waals surface area contributed by atoms with Gasteiger partial charge in [0.15, 0.2) is 0 Å². The number of aromatic nitrogens is 2. The summed E-state index contributed by atoms with van der Waals surface area (Å²) < 4.78 is 2.00. The fourth-order valence-corrected chi connectivity index (χ4v) is 2.01. The zero-order valence-electron chi connectivity index (χ0n) is 11.1.